The normalized spacial score (nSPS) is 13.9. The van der Waals surface area contributed by atoms with Crippen molar-refractivity contribution in [3.63, 3.8) is 0 Å². The Kier molecular flexibility index (Phi) is 8.07. The molecule has 0 bridgehead atoms. The van der Waals surface area contributed by atoms with E-state index in [0.29, 0.717) is 0 Å². The van der Waals surface area contributed by atoms with Gasteiger partial charge in [-0.15, -0.1) is 0 Å². The Morgan fingerprint density at radius 3 is 2.38 bits per heavy atom. The second kappa shape index (κ2) is 10.3. The van der Waals surface area contributed by atoms with E-state index in [1.54, 1.807) is 12.1 Å². The number of carbonyl (C=O) groups is 1. The van der Waals surface area contributed by atoms with Crippen molar-refractivity contribution in [1.82, 2.24) is 10.6 Å². The molecule has 0 aliphatic carbocycles. The molecule has 2 aromatic carbocycles. The minimum absolute atomic E-state index is 0.0472. The maximum atomic E-state index is 13.6. The average molecular weight is 424 g/mol. The molecule has 29 heavy (non-hydrogen) atoms. The molecule has 0 heterocycles. The van der Waals surface area contributed by atoms with Gasteiger partial charge in [-0.3, -0.25) is 10.1 Å². The van der Waals surface area contributed by atoms with E-state index in [4.69, 9.17) is 23.1 Å². The van der Waals surface area contributed by atoms with E-state index in [1.165, 1.54) is 24.3 Å². The summed E-state index contributed by atoms with van der Waals surface area (Å²) in [5.41, 5.74) is 13.0. The summed E-state index contributed by atoms with van der Waals surface area (Å²) in [6.45, 7) is 3.72. The van der Waals surface area contributed by atoms with Crippen LogP contribution < -0.4 is 22.1 Å². The van der Waals surface area contributed by atoms with Crippen molar-refractivity contribution >= 4 is 23.5 Å². The molecule has 0 aliphatic heterocycles. The summed E-state index contributed by atoms with van der Waals surface area (Å²) in [6.07, 6.45) is -0.473. The van der Waals surface area contributed by atoms with Crippen LogP contribution in [0.5, 0.6) is 0 Å². The maximum absolute atomic E-state index is 13.6. The standard InChI is InChI=1S/C20H24ClF2N5O/c1-11(2)26-20(28-19(29)13-5-8-15(21)16(23)9-13)27-18(25)10-17(24)12-3-6-14(22)7-4-12/h3-9,11,17-18H,10,24-25H2,1-2H3,(H2,26,27,28,29). The Morgan fingerprint density at radius 2 is 1.79 bits per heavy atom. The fourth-order valence-electron chi connectivity index (χ4n) is 2.52. The third-order valence-electron chi connectivity index (χ3n) is 3.93. The topological polar surface area (TPSA) is 106 Å². The fraction of sp³-hybridized carbons (Fsp3) is 0.300. The molecule has 6 nitrogen and oxygen atoms in total. The van der Waals surface area contributed by atoms with Crippen LogP contribution in [0.25, 0.3) is 0 Å². The SMILES string of the molecule is CC(C)NC(=NC(N)CC(N)c1ccc(F)cc1)NC(=O)c1ccc(Cl)c(F)c1. The number of hydrogen-bond acceptors (Lipinski definition) is 4. The van der Waals surface area contributed by atoms with E-state index >= 15 is 0 Å². The van der Waals surface area contributed by atoms with Gasteiger partial charge in [0.15, 0.2) is 5.96 Å². The number of nitrogens with one attached hydrogen (secondary N) is 2. The van der Waals surface area contributed by atoms with Crippen LogP contribution in [0, 0.1) is 11.6 Å². The Labute approximate surface area is 173 Å². The third-order valence-corrected chi connectivity index (χ3v) is 4.23. The molecule has 0 aliphatic rings. The molecule has 9 heteroatoms. The van der Waals surface area contributed by atoms with Gasteiger partial charge in [0.05, 0.1) is 5.02 Å². The van der Waals surface area contributed by atoms with Crippen LogP contribution in [0.15, 0.2) is 47.5 Å². The van der Waals surface area contributed by atoms with Gasteiger partial charge in [0, 0.05) is 24.1 Å². The van der Waals surface area contributed by atoms with Crippen LogP contribution in [-0.4, -0.2) is 24.1 Å². The molecule has 2 aromatic rings. The average Bonchev–Trinajstić information content (AvgIpc) is 2.63. The Hall–Kier alpha value is -2.55. The molecule has 0 fully saturated rings. The smallest absolute Gasteiger partial charge is 0.258 e. The summed E-state index contributed by atoms with van der Waals surface area (Å²) in [5, 5.41) is 5.49. The van der Waals surface area contributed by atoms with Crippen LogP contribution in [0.1, 0.15) is 42.2 Å². The lowest BCUT2D eigenvalue weighted by molar-refractivity contribution is 0.0975. The minimum Gasteiger partial charge on any atom is -0.354 e. The first-order chi connectivity index (χ1) is 13.7. The van der Waals surface area contributed by atoms with E-state index in [0.717, 1.165) is 11.6 Å². The number of nitrogens with two attached hydrogens (primary N) is 2. The van der Waals surface area contributed by atoms with Gasteiger partial charge in [0.25, 0.3) is 5.91 Å². The number of carbonyl (C=O) groups excluding carboxylic acids is 1. The number of amides is 1. The molecule has 0 aromatic heterocycles. The molecule has 0 radical (unpaired) electrons. The number of benzene rings is 2. The van der Waals surface area contributed by atoms with Crippen LogP contribution in [0.3, 0.4) is 0 Å². The molecule has 0 spiro atoms. The number of halogens is 3. The lowest BCUT2D eigenvalue weighted by Crippen LogP contribution is -2.45. The van der Waals surface area contributed by atoms with Gasteiger partial charge in [-0.1, -0.05) is 23.7 Å². The van der Waals surface area contributed by atoms with E-state index in [2.05, 4.69) is 15.6 Å². The maximum Gasteiger partial charge on any atom is 0.258 e. The minimum atomic E-state index is -0.737. The van der Waals surface area contributed by atoms with Crippen LogP contribution in [-0.2, 0) is 0 Å². The van der Waals surface area contributed by atoms with Crippen LogP contribution in [0.2, 0.25) is 5.02 Å². The van der Waals surface area contributed by atoms with Gasteiger partial charge in [-0.05, 0) is 49.7 Å². The zero-order valence-electron chi connectivity index (χ0n) is 16.1. The van der Waals surface area contributed by atoms with Gasteiger partial charge in [-0.25, -0.2) is 13.8 Å². The predicted molar refractivity (Wildman–Crippen MR) is 111 cm³/mol. The second-order valence-corrected chi connectivity index (χ2v) is 7.23. The largest absolute Gasteiger partial charge is 0.354 e. The summed E-state index contributed by atoms with van der Waals surface area (Å²) in [4.78, 5) is 16.7. The first-order valence-electron chi connectivity index (χ1n) is 9.03. The van der Waals surface area contributed by atoms with Gasteiger partial charge >= 0.3 is 0 Å². The van der Waals surface area contributed by atoms with E-state index in [9.17, 15) is 13.6 Å². The Morgan fingerprint density at radius 1 is 1.14 bits per heavy atom. The molecular formula is C20H24ClF2N5O. The molecule has 0 saturated carbocycles. The van der Waals surface area contributed by atoms with Gasteiger partial charge < -0.3 is 16.8 Å². The van der Waals surface area contributed by atoms with Crippen LogP contribution >= 0.6 is 11.6 Å². The van der Waals surface area contributed by atoms with Crippen molar-refractivity contribution in [2.75, 3.05) is 0 Å². The summed E-state index contributed by atoms with van der Waals surface area (Å²) in [7, 11) is 0. The summed E-state index contributed by atoms with van der Waals surface area (Å²) in [6, 6.07) is 9.03. The molecule has 6 N–H and O–H groups in total. The number of aliphatic imine (C=N–C) groups is 1. The van der Waals surface area contributed by atoms with E-state index in [-0.39, 0.29) is 34.8 Å². The van der Waals surface area contributed by atoms with Crippen molar-refractivity contribution in [1.29, 1.82) is 0 Å². The zero-order valence-corrected chi connectivity index (χ0v) is 16.9. The van der Waals surface area contributed by atoms with Crippen molar-refractivity contribution in [3.05, 3.63) is 70.2 Å². The monoisotopic (exact) mass is 423 g/mol. The van der Waals surface area contributed by atoms with Gasteiger partial charge in [0.1, 0.15) is 17.8 Å². The molecule has 0 saturated heterocycles. The lowest BCUT2D eigenvalue weighted by atomic mass is 10.0. The zero-order chi connectivity index (χ0) is 21.6. The van der Waals surface area contributed by atoms with E-state index < -0.39 is 23.9 Å². The summed E-state index contributed by atoms with van der Waals surface area (Å²) < 4.78 is 26.7. The predicted octanol–water partition coefficient (Wildman–Crippen LogP) is 3.08. The van der Waals surface area contributed by atoms with Crippen molar-refractivity contribution in [3.8, 4) is 0 Å². The highest BCUT2D eigenvalue weighted by Gasteiger charge is 2.15. The van der Waals surface area contributed by atoms with Crippen LogP contribution in [0.4, 0.5) is 8.78 Å². The highest BCUT2D eigenvalue weighted by atomic mass is 35.5. The number of hydrogen-bond donors (Lipinski definition) is 4. The molecular weight excluding hydrogens is 400 g/mol. The lowest BCUT2D eigenvalue weighted by Gasteiger charge is -2.19. The van der Waals surface area contributed by atoms with Crippen molar-refractivity contribution in [2.45, 2.75) is 38.5 Å². The Balaban J connectivity index is 2.10. The fourth-order valence-corrected chi connectivity index (χ4v) is 2.64. The Bertz CT molecular complexity index is 874. The van der Waals surface area contributed by atoms with Gasteiger partial charge in [-0.2, -0.15) is 0 Å². The van der Waals surface area contributed by atoms with Crippen molar-refractivity contribution in [2.24, 2.45) is 16.5 Å². The van der Waals surface area contributed by atoms with Crippen molar-refractivity contribution < 1.29 is 13.6 Å². The number of nitrogens with zero attached hydrogens (tertiary/aromatic N) is 1. The number of guanidine groups is 1. The van der Waals surface area contributed by atoms with E-state index in [1.807, 2.05) is 13.8 Å². The highest BCUT2D eigenvalue weighted by Crippen LogP contribution is 2.17. The second-order valence-electron chi connectivity index (χ2n) is 6.82. The molecule has 1 amide bonds. The third kappa shape index (κ3) is 7.08. The molecule has 156 valence electrons. The highest BCUT2D eigenvalue weighted by molar-refractivity contribution is 6.30. The first kappa shape index (κ1) is 22.7. The first-order valence-corrected chi connectivity index (χ1v) is 9.41. The molecule has 2 rings (SSSR count). The summed E-state index contributed by atoms with van der Waals surface area (Å²) >= 11 is 5.64. The molecule has 2 atom stereocenters. The number of rotatable bonds is 6. The summed E-state index contributed by atoms with van der Waals surface area (Å²) in [5.74, 6) is -1.48. The quantitative estimate of drug-likeness (QED) is 0.423. The van der Waals surface area contributed by atoms with Gasteiger partial charge in [0.2, 0.25) is 0 Å². The molecule has 2 unspecified atom stereocenters.